The maximum atomic E-state index is 5.69. The van der Waals surface area contributed by atoms with E-state index in [1.807, 2.05) is 30.3 Å². The van der Waals surface area contributed by atoms with E-state index in [0.717, 1.165) is 28.8 Å². The average Bonchev–Trinajstić information content (AvgIpc) is 2.55. The van der Waals surface area contributed by atoms with Gasteiger partial charge in [0.25, 0.3) is 0 Å². The molecule has 3 rings (SSSR count). The van der Waals surface area contributed by atoms with Crippen molar-refractivity contribution in [3.8, 4) is 0 Å². The maximum Gasteiger partial charge on any atom is 0.135 e. The van der Waals surface area contributed by atoms with E-state index in [9.17, 15) is 0 Å². The highest BCUT2D eigenvalue weighted by atomic mass is 15.1. The summed E-state index contributed by atoms with van der Waals surface area (Å²) in [5.74, 6) is 2.47. The number of benzene rings is 1. The molecule has 1 aromatic heterocycles. The zero-order valence-electron chi connectivity index (χ0n) is 13.6. The minimum Gasteiger partial charge on any atom is -0.367 e. The molecule has 23 heavy (non-hydrogen) atoms. The Bertz CT molecular complexity index is 643. The van der Waals surface area contributed by atoms with Gasteiger partial charge in [-0.3, -0.25) is 0 Å². The fourth-order valence-corrected chi connectivity index (χ4v) is 3.20. The number of hydrogen-bond donors (Lipinski definition) is 3. The van der Waals surface area contributed by atoms with Crippen molar-refractivity contribution in [2.24, 2.45) is 11.7 Å². The van der Waals surface area contributed by atoms with Crippen LogP contribution in [0.5, 0.6) is 0 Å². The van der Waals surface area contributed by atoms with Crippen LogP contribution in [0.2, 0.25) is 0 Å². The van der Waals surface area contributed by atoms with Crippen LogP contribution < -0.4 is 16.4 Å². The Hall–Kier alpha value is -2.14. The first-order valence-corrected chi connectivity index (χ1v) is 8.37. The Morgan fingerprint density at radius 3 is 2.87 bits per heavy atom. The topological polar surface area (TPSA) is 75.9 Å². The van der Waals surface area contributed by atoms with E-state index >= 15 is 0 Å². The molecular weight excluding hydrogens is 286 g/mol. The van der Waals surface area contributed by atoms with Crippen molar-refractivity contribution in [3.63, 3.8) is 0 Å². The van der Waals surface area contributed by atoms with Gasteiger partial charge in [-0.2, -0.15) is 0 Å². The summed E-state index contributed by atoms with van der Waals surface area (Å²) in [6.07, 6.45) is 6.66. The van der Waals surface area contributed by atoms with Gasteiger partial charge < -0.3 is 16.4 Å². The lowest BCUT2D eigenvalue weighted by atomic mass is 9.87. The first-order valence-electron chi connectivity index (χ1n) is 8.37. The van der Waals surface area contributed by atoms with Crippen molar-refractivity contribution in [1.29, 1.82) is 0 Å². The number of rotatable bonds is 5. The van der Waals surface area contributed by atoms with Crippen molar-refractivity contribution in [3.05, 3.63) is 42.2 Å². The lowest BCUT2D eigenvalue weighted by Gasteiger charge is -2.27. The molecule has 2 unspecified atom stereocenters. The predicted molar refractivity (Wildman–Crippen MR) is 94.7 cm³/mol. The molecular formula is C18H25N5. The second-order valence-electron chi connectivity index (χ2n) is 6.43. The number of nitrogens with zero attached hydrogens (tertiary/aromatic N) is 2. The number of hydrogen-bond acceptors (Lipinski definition) is 5. The zero-order chi connectivity index (χ0) is 16.1. The maximum absolute atomic E-state index is 5.69. The van der Waals surface area contributed by atoms with Gasteiger partial charge in [0.2, 0.25) is 0 Å². The Kier molecular flexibility index (Phi) is 5.08. The third-order valence-corrected chi connectivity index (χ3v) is 4.39. The summed E-state index contributed by atoms with van der Waals surface area (Å²) in [7, 11) is 0. The first kappa shape index (κ1) is 15.7. The molecule has 0 saturated heterocycles. The van der Waals surface area contributed by atoms with E-state index < -0.39 is 0 Å². The highest BCUT2D eigenvalue weighted by Gasteiger charge is 2.18. The minimum absolute atomic E-state index is 0.516. The van der Waals surface area contributed by atoms with E-state index in [1.165, 1.54) is 25.7 Å². The fraction of sp³-hybridized carbons (Fsp3) is 0.444. The summed E-state index contributed by atoms with van der Waals surface area (Å²) in [5.41, 5.74) is 7.77. The van der Waals surface area contributed by atoms with Crippen LogP contribution in [0.1, 0.15) is 38.2 Å². The highest BCUT2D eigenvalue weighted by molar-refractivity contribution is 5.59. The van der Waals surface area contributed by atoms with Crippen molar-refractivity contribution in [1.82, 2.24) is 9.97 Å². The van der Waals surface area contributed by atoms with Gasteiger partial charge in [0, 0.05) is 24.3 Å². The molecule has 2 atom stereocenters. The van der Waals surface area contributed by atoms with Crippen molar-refractivity contribution in [2.75, 3.05) is 10.6 Å². The Morgan fingerprint density at radius 1 is 1.17 bits per heavy atom. The number of nitrogens with two attached hydrogens (primary N) is 1. The smallest absolute Gasteiger partial charge is 0.135 e. The molecule has 1 saturated carbocycles. The lowest BCUT2D eigenvalue weighted by molar-refractivity contribution is 0.358. The van der Waals surface area contributed by atoms with Gasteiger partial charge in [-0.15, -0.1) is 0 Å². The first-order chi connectivity index (χ1) is 11.2. The molecule has 1 aliphatic rings. The molecule has 0 radical (unpaired) electrons. The van der Waals surface area contributed by atoms with Crippen molar-refractivity contribution >= 4 is 17.3 Å². The van der Waals surface area contributed by atoms with Crippen molar-refractivity contribution < 1.29 is 0 Å². The molecule has 0 bridgehead atoms. The van der Waals surface area contributed by atoms with Crippen LogP contribution in [0, 0.1) is 5.92 Å². The summed E-state index contributed by atoms with van der Waals surface area (Å²) in [4.78, 5) is 8.66. The van der Waals surface area contributed by atoms with E-state index in [4.69, 9.17) is 5.73 Å². The van der Waals surface area contributed by atoms with Gasteiger partial charge in [-0.25, -0.2) is 9.97 Å². The monoisotopic (exact) mass is 311 g/mol. The molecule has 1 heterocycles. The number of anilines is 3. The molecule has 4 N–H and O–H groups in total. The van der Waals surface area contributed by atoms with E-state index in [-0.39, 0.29) is 0 Å². The minimum atomic E-state index is 0.516. The Morgan fingerprint density at radius 2 is 2.04 bits per heavy atom. The van der Waals surface area contributed by atoms with Crippen LogP contribution in [0.25, 0.3) is 0 Å². The summed E-state index contributed by atoms with van der Waals surface area (Å²) in [6, 6.07) is 10.5. The molecule has 1 aliphatic carbocycles. The standard InChI is InChI=1S/C18H25N5/c1-13-4-2-6-15(8-13)22-17-10-18(21-12-20-17)23-16-7-3-5-14(9-16)11-19/h3,5,7,9-10,12-13,15H,2,4,6,8,11,19H2,1H3,(H2,20,21,22,23). The summed E-state index contributed by atoms with van der Waals surface area (Å²) >= 11 is 0. The van der Waals surface area contributed by atoms with Crippen LogP contribution in [0.15, 0.2) is 36.7 Å². The van der Waals surface area contributed by atoms with E-state index in [2.05, 4.69) is 27.5 Å². The van der Waals surface area contributed by atoms with Crippen LogP contribution in [-0.4, -0.2) is 16.0 Å². The van der Waals surface area contributed by atoms with Gasteiger partial charge in [-0.1, -0.05) is 31.9 Å². The second-order valence-corrected chi connectivity index (χ2v) is 6.43. The SMILES string of the molecule is CC1CCCC(Nc2cc(Nc3cccc(CN)c3)ncn2)C1. The molecule has 122 valence electrons. The van der Waals surface area contributed by atoms with Crippen molar-refractivity contribution in [2.45, 2.75) is 45.2 Å². The third-order valence-electron chi connectivity index (χ3n) is 4.39. The Balaban J connectivity index is 1.67. The molecule has 1 fully saturated rings. The lowest BCUT2D eigenvalue weighted by Crippen LogP contribution is -2.26. The van der Waals surface area contributed by atoms with Gasteiger partial charge in [0.1, 0.15) is 18.0 Å². The fourth-order valence-electron chi connectivity index (χ4n) is 3.20. The highest BCUT2D eigenvalue weighted by Crippen LogP contribution is 2.26. The molecule has 5 nitrogen and oxygen atoms in total. The zero-order valence-corrected chi connectivity index (χ0v) is 13.6. The second kappa shape index (κ2) is 7.42. The van der Waals surface area contributed by atoms with E-state index in [1.54, 1.807) is 6.33 Å². The quantitative estimate of drug-likeness (QED) is 0.785. The largest absolute Gasteiger partial charge is 0.367 e. The molecule has 0 amide bonds. The predicted octanol–water partition coefficient (Wildman–Crippen LogP) is 3.67. The third kappa shape index (κ3) is 4.42. The molecule has 5 heteroatoms. The summed E-state index contributed by atoms with van der Waals surface area (Å²) < 4.78 is 0. The summed E-state index contributed by atoms with van der Waals surface area (Å²) in [6.45, 7) is 2.86. The van der Waals surface area contributed by atoms with Crippen LogP contribution in [0.3, 0.4) is 0 Å². The number of aromatic nitrogens is 2. The summed E-state index contributed by atoms with van der Waals surface area (Å²) in [5, 5.41) is 6.87. The van der Waals surface area contributed by atoms with Crippen LogP contribution >= 0.6 is 0 Å². The van der Waals surface area contributed by atoms with Gasteiger partial charge in [0.15, 0.2) is 0 Å². The molecule has 2 aromatic rings. The van der Waals surface area contributed by atoms with Gasteiger partial charge in [-0.05, 0) is 36.5 Å². The number of nitrogens with one attached hydrogen (secondary N) is 2. The van der Waals surface area contributed by atoms with E-state index in [0.29, 0.717) is 12.6 Å². The van der Waals surface area contributed by atoms with Gasteiger partial charge in [0.05, 0.1) is 0 Å². The van der Waals surface area contributed by atoms with Crippen LogP contribution in [0.4, 0.5) is 17.3 Å². The van der Waals surface area contributed by atoms with Crippen LogP contribution in [-0.2, 0) is 6.54 Å². The molecule has 1 aromatic carbocycles. The normalized spacial score (nSPS) is 21.0. The Labute approximate surface area is 137 Å². The van der Waals surface area contributed by atoms with Gasteiger partial charge >= 0.3 is 0 Å². The average molecular weight is 311 g/mol. The molecule has 0 spiro atoms. The molecule has 0 aliphatic heterocycles.